The van der Waals surface area contributed by atoms with Crippen LogP contribution < -0.4 is 16.0 Å². The molecule has 0 aromatic rings. The first kappa shape index (κ1) is 45.5. The largest absolute Gasteiger partial charge is 0.481 e. The number of hydrogen-bond acceptors (Lipinski definition) is 12. The number of ether oxygens (including phenoxy) is 6. The second-order valence-corrected chi connectivity index (χ2v) is 12.9. The van der Waals surface area contributed by atoms with Crippen LogP contribution in [0.25, 0.3) is 0 Å². The Morgan fingerprint density at radius 2 is 1.27 bits per heavy atom. The molecular formula is C34H58N4O13. The van der Waals surface area contributed by atoms with E-state index in [9.17, 15) is 28.8 Å². The second kappa shape index (κ2) is 25.5. The summed E-state index contributed by atoms with van der Waals surface area (Å²) >= 11 is 0. The monoisotopic (exact) mass is 730 g/mol. The number of carboxylic acids is 1. The van der Waals surface area contributed by atoms with Crippen molar-refractivity contribution in [2.24, 2.45) is 0 Å². The second-order valence-electron chi connectivity index (χ2n) is 12.9. The Morgan fingerprint density at radius 1 is 0.706 bits per heavy atom. The molecular weight excluding hydrogens is 672 g/mol. The number of hydrogen-bond donors (Lipinski definition) is 4. The Balaban J connectivity index is 2.08. The molecule has 1 rings (SSSR count). The summed E-state index contributed by atoms with van der Waals surface area (Å²) in [6, 6.07) is -0.995. The lowest BCUT2D eigenvalue weighted by atomic mass is 10.0. The molecule has 0 aromatic heterocycles. The fourth-order valence-electron chi connectivity index (χ4n) is 4.30. The number of methoxy groups -OCH3 is 1. The molecule has 51 heavy (non-hydrogen) atoms. The first-order valence-corrected chi connectivity index (χ1v) is 17.2. The van der Waals surface area contributed by atoms with Crippen LogP contribution in [0, 0.1) is 0 Å². The highest BCUT2D eigenvalue weighted by Gasteiger charge is 2.25. The van der Waals surface area contributed by atoms with E-state index in [1.807, 2.05) is 27.7 Å². The Labute approximate surface area is 300 Å². The smallest absolute Gasteiger partial charge is 0.303 e. The van der Waals surface area contributed by atoms with E-state index in [2.05, 4.69) is 16.0 Å². The zero-order chi connectivity index (χ0) is 38.1. The highest BCUT2D eigenvalue weighted by Crippen LogP contribution is 2.18. The molecule has 17 nitrogen and oxygen atoms in total. The van der Waals surface area contributed by atoms with Gasteiger partial charge in [0.15, 0.2) is 0 Å². The molecule has 0 aliphatic carbocycles. The van der Waals surface area contributed by atoms with Crippen molar-refractivity contribution < 1.29 is 62.3 Å². The quantitative estimate of drug-likeness (QED) is 0.0560. The fraction of sp³-hybridized carbons (Fsp3) is 0.765. The lowest BCUT2D eigenvalue weighted by Gasteiger charge is -2.29. The standard InChI is InChI=1S/C34H58N4O13/c1-33(2,46-5)13-18-51-34(3,4)12-14-36-32(45)26(6-9-31(43)44)37-28(40)11-17-47-20-22-49-24-25-50-23-21-48-19-15-35-27(39)10-16-38-29(41)7-8-30(38)42/h7-8,26H,6,9-25H2,1-5H3,(H,35,39)(H,36,45)(H,37,40)(H,43,44). The van der Waals surface area contributed by atoms with E-state index < -0.39 is 41.2 Å². The molecule has 0 saturated carbocycles. The molecule has 0 saturated heterocycles. The van der Waals surface area contributed by atoms with E-state index in [1.165, 1.54) is 12.2 Å². The Hall–Kier alpha value is -3.48. The van der Waals surface area contributed by atoms with Gasteiger partial charge in [-0.1, -0.05) is 0 Å². The van der Waals surface area contributed by atoms with E-state index in [0.717, 1.165) is 4.90 Å². The van der Waals surface area contributed by atoms with Crippen molar-refractivity contribution in [1.82, 2.24) is 20.9 Å². The summed E-state index contributed by atoms with van der Waals surface area (Å²) in [4.78, 5) is 72.1. The van der Waals surface area contributed by atoms with Crippen molar-refractivity contribution in [3.8, 4) is 0 Å². The predicted octanol–water partition coefficient (Wildman–Crippen LogP) is 0.340. The number of amides is 5. The van der Waals surface area contributed by atoms with Crippen LogP contribution >= 0.6 is 0 Å². The number of nitrogens with zero attached hydrogens (tertiary/aromatic N) is 1. The lowest BCUT2D eigenvalue weighted by Crippen LogP contribution is -2.48. The van der Waals surface area contributed by atoms with Crippen LogP contribution in [0.5, 0.6) is 0 Å². The van der Waals surface area contributed by atoms with E-state index >= 15 is 0 Å². The third-order valence-corrected chi connectivity index (χ3v) is 7.70. The number of rotatable bonds is 31. The van der Waals surface area contributed by atoms with Crippen molar-refractivity contribution in [3.63, 3.8) is 0 Å². The van der Waals surface area contributed by atoms with Gasteiger partial charge in [0.05, 0.1) is 70.7 Å². The normalized spacial score (nSPS) is 13.8. The summed E-state index contributed by atoms with van der Waals surface area (Å²) in [6.45, 7) is 11.1. The Morgan fingerprint density at radius 3 is 1.84 bits per heavy atom. The topological polar surface area (TPSA) is 217 Å². The van der Waals surface area contributed by atoms with Gasteiger partial charge < -0.3 is 49.5 Å². The van der Waals surface area contributed by atoms with Crippen LogP contribution in [0.1, 0.15) is 66.2 Å². The minimum Gasteiger partial charge on any atom is -0.481 e. The first-order valence-electron chi connectivity index (χ1n) is 17.2. The van der Waals surface area contributed by atoms with Crippen LogP contribution in [-0.2, 0) is 57.2 Å². The molecule has 1 atom stereocenters. The summed E-state index contributed by atoms with van der Waals surface area (Å²) < 4.78 is 33.0. The van der Waals surface area contributed by atoms with E-state index in [0.29, 0.717) is 45.9 Å². The molecule has 1 heterocycles. The average Bonchev–Trinajstić information content (AvgIpc) is 3.39. The summed E-state index contributed by atoms with van der Waals surface area (Å²) in [5, 5.41) is 17.1. The fourth-order valence-corrected chi connectivity index (χ4v) is 4.30. The maximum Gasteiger partial charge on any atom is 0.303 e. The molecule has 1 unspecified atom stereocenters. The molecule has 0 radical (unpaired) electrons. The number of carbonyl (C=O) groups excluding carboxylic acids is 5. The Kier molecular flexibility index (Phi) is 22.7. The van der Waals surface area contributed by atoms with E-state index in [4.69, 9.17) is 33.5 Å². The minimum absolute atomic E-state index is 0.0132. The first-order chi connectivity index (χ1) is 24.2. The number of carbonyl (C=O) groups is 6. The van der Waals surface area contributed by atoms with Gasteiger partial charge in [0.25, 0.3) is 11.8 Å². The maximum absolute atomic E-state index is 12.8. The molecule has 5 amide bonds. The van der Waals surface area contributed by atoms with Gasteiger partial charge in [-0.25, -0.2) is 0 Å². The van der Waals surface area contributed by atoms with E-state index in [1.54, 1.807) is 7.11 Å². The molecule has 0 spiro atoms. The zero-order valence-electron chi connectivity index (χ0n) is 30.8. The third-order valence-electron chi connectivity index (χ3n) is 7.70. The molecule has 1 aliphatic rings. The van der Waals surface area contributed by atoms with Crippen LogP contribution in [0.15, 0.2) is 12.2 Å². The van der Waals surface area contributed by atoms with Crippen LogP contribution in [0.3, 0.4) is 0 Å². The summed E-state index contributed by atoms with van der Waals surface area (Å²) in [6.07, 6.45) is 3.25. The SMILES string of the molecule is COC(C)(C)CCOC(C)(C)CCNC(=O)C(CCC(=O)O)NC(=O)CCOCCOCCOCCOCCNC(=O)CCN1C(=O)C=CC1=O. The maximum atomic E-state index is 12.8. The highest BCUT2D eigenvalue weighted by molar-refractivity contribution is 6.13. The molecule has 17 heteroatoms. The summed E-state index contributed by atoms with van der Waals surface area (Å²) in [7, 11) is 1.65. The molecule has 0 bridgehead atoms. The average molecular weight is 731 g/mol. The number of aliphatic carboxylic acids is 1. The van der Waals surface area contributed by atoms with Gasteiger partial charge in [-0.15, -0.1) is 0 Å². The van der Waals surface area contributed by atoms with Crippen molar-refractivity contribution in [2.75, 3.05) is 86.2 Å². The van der Waals surface area contributed by atoms with Crippen LogP contribution in [0.2, 0.25) is 0 Å². The molecule has 1 aliphatic heterocycles. The van der Waals surface area contributed by atoms with Gasteiger partial charge in [-0.3, -0.25) is 33.7 Å². The van der Waals surface area contributed by atoms with Gasteiger partial charge in [0.2, 0.25) is 17.7 Å². The summed E-state index contributed by atoms with van der Waals surface area (Å²) in [5.41, 5.74) is -0.810. The van der Waals surface area contributed by atoms with Gasteiger partial charge in [-0.2, -0.15) is 0 Å². The number of carboxylic acid groups (broad SMARTS) is 1. The van der Waals surface area contributed by atoms with E-state index in [-0.39, 0.29) is 83.3 Å². The molecule has 292 valence electrons. The van der Waals surface area contributed by atoms with Gasteiger partial charge in [0.1, 0.15) is 6.04 Å². The highest BCUT2D eigenvalue weighted by atomic mass is 16.6. The Bertz CT molecular complexity index is 1110. The van der Waals surface area contributed by atoms with Gasteiger partial charge >= 0.3 is 5.97 Å². The van der Waals surface area contributed by atoms with Gasteiger partial charge in [0, 0.05) is 58.2 Å². The predicted molar refractivity (Wildman–Crippen MR) is 184 cm³/mol. The van der Waals surface area contributed by atoms with Crippen molar-refractivity contribution in [3.05, 3.63) is 12.2 Å². The summed E-state index contributed by atoms with van der Waals surface area (Å²) in [5.74, 6) is -3.10. The van der Waals surface area contributed by atoms with Gasteiger partial charge in [-0.05, 0) is 47.0 Å². The molecule has 0 fully saturated rings. The van der Waals surface area contributed by atoms with Crippen LogP contribution in [-0.4, -0.2) is 149 Å². The van der Waals surface area contributed by atoms with Crippen molar-refractivity contribution in [1.29, 1.82) is 0 Å². The third kappa shape index (κ3) is 22.9. The van der Waals surface area contributed by atoms with Crippen LogP contribution in [0.4, 0.5) is 0 Å². The van der Waals surface area contributed by atoms with Crippen molar-refractivity contribution in [2.45, 2.75) is 83.5 Å². The minimum atomic E-state index is -1.07. The lowest BCUT2D eigenvalue weighted by molar-refractivity contribution is -0.139. The van der Waals surface area contributed by atoms with Crippen molar-refractivity contribution >= 4 is 35.5 Å². The molecule has 0 aromatic carbocycles. The zero-order valence-corrected chi connectivity index (χ0v) is 30.8. The number of nitrogens with one attached hydrogen (secondary N) is 3. The number of imide groups is 1. The molecule has 4 N–H and O–H groups in total.